The topological polar surface area (TPSA) is 98.6 Å². The number of hydrogen-bond acceptors (Lipinski definition) is 6. The maximum absolute atomic E-state index is 12.8. The fraction of sp³-hybridized carbons (Fsp3) is 0.261. The van der Waals surface area contributed by atoms with E-state index in [4.69, 9.17) is 4.74 Å². The van der Waals surface area contributed by atoms with Crippen molar-refractivity contribution in [1.82, 2.24) is 30.4 Å². The van der Waals surface area contributed by atoms with E-state index in [2.05, 4.69) is 57.6 Å². The van der Waals surface area contributed by atoms with Crippen LogP contribution in [0.25, 0.3) is 22.5 Å². The van der Waals surface area contributed by atoms with Gasteiger partial charge in [-0.15, -0.1) is 15.3 Å². The van der Waals surface area contributed by atoms with Crippen LogP contribution < -0.4 is 10.3 Å². The molecular formula is C23H20Br2N6O2. The van der Waals surface area contributed by atoms with Crippen LogP contribution in [-0.2, 0) is 6.54 Å². The van der Waals surface area contributed by atoms with Gasteiger partial charge in [-0.2, -0.15) is 5.21 Å². The third kappa shape index (κ3) is 4.63. The molecule has 8 nitrogen and oxygen atoms in total. The Morgan fingerprint density at radius 2 is 1.73 bits per heavy atom. The molecule has 33 heavy (non-hydrogen) atoms. The van der Waals surface area contributed by atoms with Crippen LogP contribution in [-0.4, -0.2) is 36.5 Å². The van der Waals surface area contributed by atoms with Gasteiger partial charge >= 0.3 is 0 Å². The Hall–Kier alpha value is -2.85. The minimum atomic E-state index is -0.216. The number of aromatic nitrogens is 6. The van der Waals surface area contributed by atoms with E-state index in [9.17, 15) is 4.79 Å². The van der Waals surface area contributed by atoms with Crippen LogP contribution in [0.4, 0.5) is 0 Å². The highest BCUT2D eigenvalue weighted by molar-refractivity contribution is 9.13. The summed E-state index contributed by atoms with van der Waals surface area (Å²) in [7, 11) is 0. The van der Waals surface area contributed by atoms with E-state index in [1.54, 1.807) is 0 Å². The Labute approximate surface area is 206 Å². The number of ether oxygens (including phenoxy) is 1. The van der Waals surface area contributed by atoms with Crippen LogP contribution in [0.15, 0.2) is 62.3 Å². The second kappa shape index (κ2) is 9.56. The normalized spacial score (nSPS) is 14.0. The summed E-state index contributed by atoms with van der Waals surface area (Å²) >= 11 is 6.84. The number of nitrogens with zero attached hydrogens (tertiary/aromatic N) is 5. The molecule has 0 amide bonds. The van der Waals surface area contributed by atoms with Crippen LogP contribution >= 0.6 is 31.9 Å². The summed E-state index contributed by atoms with van der Waals surface area (Å²) < 4.78 is 8.48. The van der Waals surface area contributed by atoms with E-state index in [0.717, 1.165) is 47.9 Å². The Kier molecular flexibility index (Phi) is 6.37. The number of hydrogen-bond donors (Lipinski definition) is 1. The number of benzene rings is 2. The molecule has 0 spiro atoms. The second-order valence-electron chi connectivity index (χ2n) is 7.90. The molecular weight excluding hydrogens is 552 g/mol. The molecule has 2 aromatic carbocycles. The standard InChI is InChI=1S/C23H20Br2N6O2/c24-19-20(25)23(32)31(28-22(19)33-16-5-1-2-6-16)13-14-9-11-15(12-10-14)17-7-3-4-8-18(17)21-26-29-30-27-21/h3-4,7-12,16H,1-2,5-6,13H2,(H,26,27,29,30). The molecule has 0 aliphatic heterocycles. The largest absolute Gasteiger partial charge is 0.473 e. The molecule has 2 heterocycles. The lowest BCUT2D eigenvalue weighted by molar-refractivity contribution is 0.194. The van der Waals surface area contributed by atoms with Gasteiger partial charge in [0.2, 0.25) is 11.7 Å². The van der Waals surface area contributed by atoms with Crippen LogP contribution in [0.5, 0.6) is 5.88 Å². The predicted molar refractivity (Wildman–Crippen MR) is 131 cm³/mol. The molecule has 168 valence electrons. The molecule has 0 saturated heterocycles. The summed E-state index contributed by atoms with van der Waals surface area (Å²) in [5, 5.41) is 18.9. The fourth-order valence-electron chi connectivity index (χ4n) is 4.01. The average Bonchev–Trinajstić information content (AvgIpc) is 3.56. The van der Waals surface area contributed by atoms with Gasteiger partial charge in [0.1, 0.15) is 15.0 Å². The minimum Gasteiger partial charge on any atom is -0.473 e. The Morgan fingerprint density at radius 3 is 2.42 bits per heavy atom. The lowest BCUT2D eigenvalue weighted by Gasteiger charge is -2.16. The summed E-state index contributed by atoms with van der Waals surface area (Å²) in [6.07, 6.45) is 4.48. The van der Waals surface area contributed by atoms with Crippen molar-refractivity contribution >= 4 is 31.9 Å². The summed E-state index contributed by atoms with van der Waals surface area (Å²) in [4.78, 5) is 12.8. The van der Waals surface area contributed by atoms with Gasteiger partial charge in [0.25, 0.3) is 5.56 Å². The van der Waals surface area contributed by atoms with Crippen molar-refractivity contribution in [1.29, 1.82) is 0 Å². The number of rotatable bonds is 6. The number of aromatic amines is 1. The van der Waals surface area contributed by atoms with Crippen molar-refractivity contribution in [3.63, 3.8) is 0 Å². The summed E-state index contributed by atoms with van der Waals surface area (Å²) in [6.45, 7) is 0.332. The Balaban J connectivity index is 1.41. The van der Waals surface area contributed by atoms with Crippen molar-refractivity contribution in [2.75, 3.05) is 0 Å². The smallest absolute Gasteiger partial charge is 0.282 e. The van der Waals surface area contributed by atoms with Crippen LogP contribution in [0.2, 0.25) is 0 Å². The highest BCUT2D eigenvalue weighted by Gasteiger charge is 2.21. The monoisotopic (exact) mass is 570 g/mol. The molecule has 4 aromatic rings. The lowest BCUT2D eigenvalue weighted by Crippen LogP contribution is -2.26. The van der Waals surface area contributed by atoms with Gasteiger partial charge in [0.05, 0.1) is 6.54 Å². The van der Waals surface area contributed by atoms with Crippen LogP contribution in [0.1, 0.15) is 31.2 Å². The van der Waals surface area contributed by atoms with Crippen molar-refractivity contribution in [3.8, 4) is 28.4 Å². The van der Waals surface area contributed by atoms with Crippen molar-refractivity contribution in [3.05, 3.63) is 73.4 Å². The zero-order chi connectivity index (χ0) is 22.8. The van der Waals surface area contributed by atoms with E-state index in [-0.39, 0.29) is 11.7 Å². The highest BCUT2D eigenvalue weighted by atomic mass is 79.9. The van der Waals surface area contributed by atoms with Gasteiger partial charge in [0.15, 0.2) is 0 Å². The third-order valence-corrected chi connectivity index (χ3v) is 7.71. The molecule has 10 heteroatoms. The molecule has 0 atom stereocenters. The zero-order valence-corrected chi connectivity index (χ0v) is 20.7. The molecule has 0 bridgehead atoms. The van der Waals surface area contributed by atoms with E-state index >= 15 is 0 Å². The predicted octanol–water partition coefficient (Wildman–Crippen LogP) is 4.99. The Morgan fingerprint density at radius 1 is 1.00 bits per heavy atom. The van der Waals surface area contributed by atoms with Gasteiger partial charge < -0.3 is 4.74 Å². The molecule has 1 aliphatic rings. The van der Waals surface area contributed by atoms with Crippen LogP contribution in [0, 0.1) is 0 Å². The minimum absolute atomic E-state index is 0.144. The molecule has 1 aliphatic carbocycles. The number of H-pyrrole nitrogens is 1. The van der Waals surface area contributed by atoms with Crippen molar-refractivity contribution in [2.24, 2.45) is 0 Å². The highest BCUT2D eigenvalue weighted by Crippen LogP contribution is 2.32. The van der Waals surface area contributed by atoms with Crippen LogP contribution in [0.3, 0.4) is 0 Å². The molecule has 1 fully saturated rings. The quantitative estimate of drug-likeness (QED) is 0.350. The number of tetrazole rings is 1. The number of halogens is 2. The fourth-order valence-corrected chi connectivity index (χ4v) is 4.73. The summed E-state index contributed by atoms with van der Waals surface area (Å²) in [5.41, 5.74) is 3.64. The van der Waals surface area contributed by atoms with Gasteiger partial charge in [0, 0.05) is 5.56 Å². The lowest BCUT2D eigenvalue weighted by atomic mass is 9.98. The first-order chi connectivity index (χ1) is 16.1. The first-order valence-electron chi connectivity index (χ1n) is 10.6. The van der Waals surface area contributed by atoms with E-state index < -0.39 is 0 Å². The summed E-state index contributed by atoms with van der Waals surface area (Å²) in [6, 6.07) is 15.9. The summed E-state index contributed by atoms with van der Waals surface area (Å²) in [5.74, 6) is 0.985. The molecule has 5 rings (SSSR count). The SMILES string of the molecule is O=c1c(Br)c(Br)c(OC2CCCC2)nn1Cc1ccc(-c2ccccc2-c2nn[nH]n2)cc1. The van der Waals surface area contributed by atoms with Crippen molar-refractivity contribution < 1.29 is 4.74 Å². The molecule has 1 saturated carbocycles. The Bertz CT molecular complexity index is 1320. The molecule has 1 N–H and O–H groups in total. The van der Waals surface area contributed by atoms with Crippen molar-refractivity contribution in [2.45, 2.75) is 38.3 Å². The maximum atomic E-state index is 12.8. The first kappa shape index (κ1) is 22.0. The third-order valence-electron chi connectivity index (χ3n) is 5.71. The van der Waals surface area contributed by atoms with Gasteiger partial charge in [-0.05, 0) is 79.4 Å². The zero-order valence-electron chi connectivity index (χ0n) is 17.5. The number of nitrogens with one attached hydrogen (secondary N) is 1. The van der Waals surface area contributed by atoms with E-state index in [1.165, 1.54) is 4.68 Å². The second-order valence-corrected chi connectivity index (χ2v) is 9.48. The average molecular weight is 572 g/mol. The van der Waals surface area contributed by atoms with Gasteiger partial charge in [-0.25, -0.2) is 4.68 Å². The van der Waals surface area contributed by atoms with Gasteiger partial charge in [-0.3, -0.25) is 4.79 Å². The first-order valence-corrected chi connectivity index (χ1v) is 12.2. The maximum Gasteiger partial charge on any atom is 0.282 e. The van der Waals surface area contributed by atoms with E-state index in [1.807, 2.05) is 48.5 Å². The van der Waals surface area contributed by atoms with Gasteiger partial charge in [-0.1, -0.05) is 48.5 Å². The molecule has 0 radical (unpaired) electrons. The molecule has 2 aromatic heterocycles. The van der Waals surface area contributed by atoms with E-state index in [0.29, 0.717) is 27.2 Å². The molecule has 0 unspecified atom stereocenters.